The fourth-order valence-electron chi connectivity index (χ4n) is 1.79. The largest absolute Gasteiger partial charge is 0.387 e. The SMILES string of the molecule is Cc1ccc(CC(O)c2sccc2Cl)cc1C. The van der Waals surface area contributed by atoms with E-state index in [0.29, 0.717) is 11.4 Å². The van der Waals surface area contributed by atoms with Gasteiger partial charge in [-0.2, -0.15) is 0 Å². The van der Waals surface area contributed by atoms with Crippen molar-refractivity contribution in [3.05, 3.63) is 56.2 Å². The molecule has 1 aromatic heterocycles. The number of hydrogen-bond acceptors (Lipinski definition) is 2. The summed E-state index contributed by atoms with van der Waals surface area (Å²) in [6.07, 6.45) is 0.103. The van der Waals surface area contributed by atoms with E-state index in [1.54, 1.807) is 0 Å². The van der Waals surface area contributed by atoms with E-state index in [-0.39, 0.29) is 0 Å². The predicted octanol–water partition coefficient (Wildman–Crippen LogP) is 4.29. The molecule has 1 atom stereocenters. The lowest BCUT2D eigenvalue weighted by atomic mass is 10.0. The van der Waals surface area contributed by atoms with Gasteiger partial charge >= 0.3 is 0 Å². The van der Waals surface area contributed by atoms with Crippen LogP contribution in [-0.4, -0.2) is 5.11 Å². The molecule has 1 aromatic carbocycles. The zero-order valence-electron chi connectivity index (χ0n) is 9.90. The molecule has 0 saturated heterocycles. The quantitative estimate of drug-likeness (QED) is 0.878. The van der Waals surface area contributed by atoms with Crippen LogP contribution < -0.4 is 0 Å². The molecule has 0 aliphatic rings. The molecule has 90 valence electrons. The zero-order chi connectivity index (χ0) is 12.4. The maximum Gasteiger partial charge on any atom is 0.0937 e. The summed E-state index contributed by atoms with van der Waals surface area (Å²) < 4.78 is 0. The van der Waals surface area contributed by atoms with E-state index < -0.39 is 6.10 Å². The molecular weight excluding hydrogens is 252 g/mol. The molecule has 1 nitrogen and oxygen atoms in total. The number of hydrogen-bond donors (Lipinski definition) is 1. The number of aliphatic hydroxyl groups is 1. The number of rotatable bonds is 3. The van der Waals surface area contributed by atoms with Crippen molar-refractivity contribution in [1.29, 1.82) is 0 Å². The zero-order valence-corrected chi connectivity index (χ0v) is 11.5. The number of benzene rings is 1. The Morgan fingerprint density at radius 2 is 2.00 bits per heavy atom. The number of thiophene rings is 1. The summed E-state index contributed by atoms with van der Waals surface area (Å²) in [7, 11) is 0. The van der Waals surface area contributed by atoms with Gasteiger partial charge in [-0.15, -0.1) is 11.3 Å². The van der Waals surface area contributed by atoms with E-state index in [9.17, 15) is 5.11 Å². The van der Waals surface area contributed by atoms with Crippen LogP contribution in [0, 0.1) is 13.8 Å². The predicted molar refractivity (Wildman–Crippen MR) is 73.9 cm³/mol. The molecule has 3 heteroatoms. The van der Waals surface area contributed by atoms with Crippen molar-refractivity contribution in [1.82, 2.24) is 0 Å². The highest BCUT2D eigenvalue weighted by Crippen LogP contribution is 2.30. The van der Waals surface area contributed by atoms with Crippen molar-refractivity contribution in [2.75, 3.05) is 0 Å². The smallest absolute Gasteiger partial charge is 0.0937 e. The van der Waals surface area contributed by atoms with Gasteiger partial charge in [-0.25, -0.2) is 0 Å². The molecule has 0 fully saturated rings. The molecule has 17 heavy (non-hydrogen) atoms. The minimum atomic E-state index is -0.510. The second-order valence-electron chi connectivity index (χ2n) is 4.27. The average molecular weight is 267 g/mol. The van der Waals surface area contributed by atoms with Crippen LogP contribution in [0.3, 0.4) is 0 Å². The monoisotopic (exact) mass is 266 g/mol. The van der Waals surface area contributed by atoms with Gasteiger partial charge in [0.25, 0.3) is 0 Å². The third-order valence-electron chi connectivity index (χ3n) is 2.95. The second kappa shape index (κ2) is 5.21. The molecule has 1 heterocycles. The van der Waals surface area contributed by atoms with E-state index in [4.69, 9.17) is 11.6 Å². The topological polar surface area (TPSA) is 20.2 Å². The van der Waals surface area contributed by atoms with Gasteiger partial charge in [0.15, 0.2) is 0 Å². The molecule has 0 radical (unpaired) electrons. The first-order valence-electron chi connectivity index (χ1n) is 5.55. The Labute approximate surface area is 111 Å². The summed E-state index contributed by atoms with van der Waals surface area (Å²) in [5.41, 5.74) is 3.68. The Morgan fingerprint density at radius 3 is 2.59 bits per heavy atom. The molecule has 0 amide bonds. The Bertz CT molecular complexity index is 519. The van der Waals surface area contributed by atoms with Crippen LogP contribution in [0.15, 0.2) is 29.6 Å². The van der Waals surface area contributed by atoms with Gasteiger partial charge in [0.1, 0.15) is 0 Å². The van der Waals surface area contributed by atoms with Crippen LogP contribution in [0.1, 0.15) is 27.7 Å². The van der Waals surface area contributed by atoms with Crippen LogP contribution in [0.5, 0.6) is 0 Å². The van der Waals surface area contributed by atoms with Crippen molar-refractivity contribution in [2.45, 2.75) is 26.4 Å². The molecule has 0 saturated carbocycles. The van der Waals surface area contributed by atoms with Crippen LogP contribution >= 0.6 is 22.9 Å². The standard InChI is InChI=1S/C14H15ClOS/c1-9-3-4-11(7-10(9)2)8-13(16)14-12(15)5-6-17-14/h3-7,13,16H,8H2,1-2H3. The summed E-state index contributed by atoms with van der Waals surface area (Å²) >= 11 is 7.51. The highest BCUT2D eigenvalue weighted by atomic mass is 35.5. The van der Waals surface area contributed by atoms with Gasteiger partial charge < -0.3 is 5.11 Å². The summed E-state index contributed by atoms with van der Waals surface area (Å²) in [6, 6.07) is 8.10. The Hall–Kier alpha value is -0.830. The van der Waals surface area contributed by atoms with Gasteiger partial charge in [-0.3, -0.25) is 0 Å². The molecule has 1 N–H and O–H groups in total. The van der Waals surface area contributed by atoms with Crippen molar-refractivity contribution >= 4 is 22.9 Å². The molecule has 0 aliphatic heterocycles. The third-order valence-corrected chi connectivity index (χ3v) is 4.41. The lowest BCUT2D eigenvalue weighted by Crippen LogP contribution is -2.00. The van der Waals surface area contributed by atoms with Crippen LogP contribution in [0.25, 0.3) is 0 Å². The number of aliphatic hydroxyl groups excluding tert-OH is 1. The highest BCUT2D eigenvalue weighted by molar-refractivity contribution is 7.10. The lowest BCUT2D eigenvalue weighted by molar-refractivity contribution is 0.182. The molecule has 0 aliphatic carbocycles. The van der Waals surface area contributed by atoms with E-state index in [0.717, 1.165) is 10.4 Å². The van der Waals surface area contributed by atoms with Crippen LogP contribution in [0.2, 0.25) is 5.02 Å². The van der Waals surface area contributed by atoms with E-state index >= 15 is 0 Å². The molecular formula is C14H15ClOS. The summed E-state index contributed by atoms with van der Waals surface area (Å²) in [4.78, 5) is 0.852. The first kappa shape index (κ1) is 12.6. The van der Waals surface area contributed by atoms with Gasteiger partial charge in [0.05, 0.1) is 16.0 Å². The molecule has 2 aromatic rings. The molecule has 0 bridgehead atoms. The normalized spacial score (nSPS) is 12.7. The van der Waals surface area contributed by atoms with Crippen LogP contribution in [0.4, 0.5) is 0 Å². The first-order chi connectivity index (χ1) is 8.08. The fraction of sp³-hybridized carbons (Fsp3) is 0.286. The summed E-state index contributed by atoms with van der Waals surface area (Å²) in [5.74, 6) is 0. The lowest BCUT2D eigenvalue weighted by Gasteiger charge is -2.11. The van der Waals surface area contributed by atoms with Gasteiger partial charge in [0, 0.05) is 6.42 Å². The fourth-order valence-corrected chi connectivity index (χ4v) is 2.96. The Balaban J connectivity index is 2.16. The van der Waals surface area contributed by atoms with Gasteiger partial charge in [0.2, 0.25) is 0 Å². The highest BCUT2D eigenvalue weighted by Gasteiger charge is 2.13. The second-order valence-corrected chi connectivity index (χ2v) is 5.63. The molecule has 1 unspecified atom stereocenters. The number of halogens is 1. The number of aryl methyl sites for hydroxylation is 2. The van der Waals surface area contributed by atoms with Crippen molar-refractivity contribution in [3.8, 4) is 0 Å². The van der Waals surface area contributed by atoms with Gasteiger partial charge in [-0.1, -0.05) is 29.8 Å². The minimum Gasteiger partial charge on any atom is -0.387 e. The summed E-state index contributed by atoms with van der Waals surface area (Å²) in [5, 5.41) is 12.7. The van der Waals surface area contributed by atoms with Crippen LogP contribution in [-0.2, 0) is 6.42 Å². The van der Waals surface area contributed by atoms with Crippen molar-refractivity contribution in [3.63, 3.8) is 0 Å². The van der Waals surface area contributed by atoms with Crippen molar-refractivity contribution in [2.24, 2.45) is 0 Å². The average Bonchev–Trinajstić information content (AvgIpc) is 2.70. The maximum atomic E-state index is 10.1. The molecule has 2 rings (SSSR count). The molecule has 0 spiro atoms. The minimum absolute atomic E-state index is 0.510. The Kier molecular flexibility index (Phi) is 3.87. The first-order valence-corrected chi connectivity index (χ1v) is 6.81. The van der Waals surface area contributed by atoms with Crippen molar-refractivity contribution < 1.29 is 5.11 Å². The van der Waals surface area contributed by atoms with Gasteiger partial charge in [-0.05, 0) is 42.0 Å². The van der Waals surface area contributed by atoms with E-state index in [1.165, 1.54) is 22.5 Å². The van der Waals surface area contributed by atoms with E-state index in [1.807, 2.05) is 11.4 Å². The Morgan fingerprint density at radius 1 is 1.24 bits per heavy atom. The third kappa shape index (κ3) is 2.89. The maximum absolute atomic E-state index is 10.1. The summed E-state index contributed by atoms with van der Waals surface area (Å²) in [6.45, 7) is 4.18. The van der Waals surface area contributed by atoms with E-state index in [2.05, 4.69) is 32.0 Å².